The highest BCUT2D eigenvalue weighted by Gasteiger charge is 2.37. The van der Waals surface area contributed by atoms with Crippen LogP contribution in [0, 0.1) is 12.8 Å². The van der Waals surface area contributed by atoms with Gasteiger partial charge in [0.1, 0.15) is 0 Å². The number of halogens is 2. The standard InChI is InChI=1S/C18H27F2N/c1-3-11-21-17(13-15-6-4-5-14(2)12-15)16-7-9-18(19,20)10-8-16/h4-6,12,16-17,21H,3,7-11,13H2,1-2H3. The number of hydrogen-bond donors (Lipinski definition) is 1. The molecule has 0 radical (unpaired) electrons. The van der Waals surface area contributed by atoms with Crippen molar-refractivity contribution in [3.05, 3.63) is 35.4 Å². The van der Waals surface area contributed by atoms with Gasteiger partial charge in [-0.25, -0.2) is 8.78 Å². The van der Waals surface area contributed by atoms with E-state index >= 15 is 0 Å². The van der Waals surface area contributed by atoms with E-state index in [0.717, 1.165) is 19.4 Å². The summed E-state index contributed by atoms with van der Waals surface area (Å²) in [4.78, 5) is 0. The Morgan fingerprint density at radius 2 is 2.00 bits per heavy atom. The summed E-state index contributed by atoms with van der Waals surface area (Å²) in [6.45, 7) is 5.20. The van der Waals surface area contributed by atoms with Crippen LogP contribution >= 0.6 is 0 Å². The lowest BCUT2D eigenvalue weighted by Gasteiger charge is -2.34. The zero-order chi connectivity index (χ0) is 15.3. The van der Waals surface area contributed by atoms with Gasteiger partial charge in [0.2, 0.25) is 5.92 Å². The Kier molecular flexibility index (Phi) is 5.74. The molecule has 0 bridgehead atoms. The van der Waals surface area contributed by atoms with Crippen LogP contribution in [0.4, 0.5) is 8.78 Å². The molecule has 1 atom stereocenters. The molecule has 1 aliphatic carbocycles. The molecule has 1 aliphatic rings. The number of alkyl halides is 2. The number of aryl methyl sites for hydroxylation is 1. The Morgan fingerprint density at radius 1 is 1.29 bits per heavy atom. The zero-order valence-corrected chi connectivity index (χ0v) is 13.2. The number of rotatable bonds is 6. The van der Waals surface area contributed by atoms with Crippen molar-refractivity contribution < 1.29 is 8.78 Å². The van der Waals surface area contributed by atoms with Gasteiger partial charge in [-0.05, 0) is 50.6 Å². The quantitative estimate of drug-likeness (QED) is 0.800. The first kappa shape index (κ1) is 16.4. The van der Waals surface area contributed by atoms with Crippen LogP contribution in [0.25, 0.3) is 0 Å². The second-order valence-corrected chi connectivity index (χ2v) is 6.45. The van der Waals surface area contributed by atoms with Crippen LogP contribution in [-0.4, -0.2) is 18.5 Å². The van der Waals surface area contributed by atoms with E-state index in [-0.39, 0.29) is 12.8 Å². The third kappa shape index (κ3) is 5.06. The van der Waals surface area contributed by atoms with Crippen LogP contribution in [0.5, 0.6) is 0 Å². The van der Waals surface area contributed by atoms with E-state index < -0.39 is 5.92 Å². The highest BCUT2D eigenvalue weighted by molar-refractivity contribution is 5.23. The monoisotopic (exact) mass is 295 g/mol. The smallest absolute Gasteiger partial charge is 0.248 e. The molecule has 3 heteroatoms. The summed E-state index contributed by atoms with van der Waals surface area (Å²) in [6, 6.07) is 8.85. The van der Waals surface area contributed by atoms with E-state index in [1.54, 1.807) is 0 Å². The molecule has 1 aromatic carbocycles. The van der Waals surface area contributed by atoms with Gasteiger partial charge in [-0.2, -0.15) is 0 Å². The molecular weight excluding hydrogens is 268 g/mol. The molecular formula is C18H27F2N. The van der Waals surface area contributed by atoms with Crippen LogP contribution < -0.4 is 5.32 Å². The zero-order valence-electron chi connectivity index (χ0n) is 13.2. The lowest BCUT2D eigenvalue weighted by atomic mass is 9.80. The fourth-order valence-electron chi connectivity index (χ4n) is 3.29. The molecule has 0 saturated heterocycles. The van der Waals surface area contributed by atoms with E-state index in [0.29, 0.717) is 24.8 Å². The molecule has 0 aliphatic heterocycles. The van der Waals surface area contributed by atoms with Crippen LogP contribution in [0.15, 0.2) is 24.3 Å². The van der Waals surface area contributed by atoms with Gasteiger partial charge >= 0.3 is 0 Å². The Labute approximate surface area is 127 Å². The number of hydrogen-bond acceptors (Lipinski definition) is 1. The van der Waals surface area contributed by atoms with Crippen molar-refractivity contribution >= 4 is 0 Å². The van der Waals surface area contributed by atoms with Crippen molar-refractivity contribution in [2.75, 3.05) is 6.54 Å². The van der Waals surface area contributed by atoms with E-state index in [1.807, 2.05) is 0 Å². The predicted octanol–water partition coefficient (Wildman–Crippen LogP) is 4.73. The molecule has 1 saturated carbocycles. The van der Waals surface area contributed by atoms with E-state index in [4.69, 9.17) is 0 Å². The second kappa shape index (κ2) is 7.35. The first-order chi connectivity index (χ1) is 10.00. The number of benzene rings is 1. The first-order valence-electron chi connectivity index (χ1n) is 8.17. The summed E-state index contributed by atoms with van der Waals surface area (Å²) in [5.74, 6) is -2.06. The van der Waals surface area contributed by atoms with Gasteiger partial charge in [-0.1, -0.05) is 36.8 Å². The molecule has 0 aromatic heterocycles. The second-order valence-electron chi connectivity index (χ2n) is 6.45. The highest BCUT2D eigenvalue weighted by Crippen LogP contribution is 2.38. The minimum absolute atomic E-state index is 0.0514. The van der Waals surface area contributed by atoms with Crippen molar-refractivity contribution in [3.8, 4) is 0 Å². The van der Waals surface area contributed by atoms with Gasteiger partial charge in [0.05, 0.1) is 0 Å². The summed E-state index contributed by atoms with van der Waals surface area (Å²) in [6.07, 6.45) is 3.40. The molecule has 21 heavy (non-hydrogen) atoms. The van der Waals surface area contributed by atoms with Gasteiger partial charge in [0, 0.05) is 18.9 Å². The average Bonchev–Trinajstić information content (AvgIpc) is 2.44. The van der Waals surface area contributed by atoms with Crippen LogP contribution in [0.1, 0.15) is 50.2 Å². The van der Waals surface area contributed by atoms with E-state index in [9.17, 15) is 8.78 Å². The van der Waals surface area contributed by atoms with Crippen molar-refractivity contribution in [1.29, 1.82) is 0 Å². The SMILES string of the molecule is CCCNC(Cc1cccc(C)c1)C1CCC(F)(F)CC1. The van der Waals surface area contributed by atoms with Crippen molar-refractivity contribution in [3.63, 3.8) is 0 Å². The van der Waals surface area contributed by atoms with Gasteiger partial charge in [-0.3, -0.25) is 0 Å². The van der Waals surface area contributed by atoms with Crippen molar-refractivity contribution in [2.24, 2.45) is 5.92 Å². The van der Waals surface area contributed by atoms with Gasteiger partial charge in [0.25, 0.3) is 0 Å². The van der Waals surface area contributed by atoms with E-state index in [1.165, 1.54) is 11.1 Å². The first-order valence-corrected chi connectivity index (χ1v) is 8.17. The van der Waals surface area contributed by atoms with Crippen LogP contribution in [0.3, 0.4) is 0 Å². The summed E-state index contributed by atoms with van der Waals surface area (Å²) in [5.41, 5.74) is 2.57. The summed E-state index contributed by atoms with van der Waals surface area (Å²) in [5, 5.41) is 3.59. The number of nitrogens with one attached hydrogen (secondary N) is 1. The van der Waals surface area contributed by atoms with Gasteiger partial charge in [-0.15, -0.1) is 0 Å². The third-order valence-electron chi connectivity index (χ3n) is 4.53. The van der Waals surface area contributed by atoms with Gasteiger partial charge < -0.3 is 5.32 Å². The van der Waals surface area contributed by atoms with Crippen LogP contribution in [0.2, 0.25) is 0 Å². The largest absolute Gasteiger partial charge is 0.313 e. The maximum absolute atomic E-state index is 13.4. The Morgan fingerprint density at radius 3 is 2.62 bits per heavy atom. The molecule has 2 rings (SSSR count). The Bertz CT molecular complexity index is 435. The van der Waals surface area contributed by atoms with Gasteiger partial charge in [0.15, 0.2) is 0 Å². The molecule has 0 heterocycles. The summed E-state index contributed by atoms with van der Waals surface area (Å²) >= 11 is 0. The normalized spacial score (nSPS) is 20.4. The molecule has 118 valence electrons. The molecule has 1 nitrogen and oxygen atoms in total. The molecule has 0 spiro atoms. The Balaban J connectivity index is 2.00. The topological polar surface area (TPSA) is 12.0 Å². The fourth-order valence-corrected chi connectivity index (χ4v) is 3.29. The minimum Gasteiger partial charge on any atom is -0.313 e. The van der Waals surface area contributed by atoms with Crippen molar-refractivity contribution in [2.45, 2.75) is 64.3 Å². The third-order valence-corrected chi connectivity index (χ3v) is 4.53. The average molecular weight is 295 g/mol. The van der Waals surface area contributed by atoms with Crippen LogP contribution in [-0.2, 0) is 6.42 Å². The lowest BCUT2D eigenvalue weighted by molar-refractivity contribution is -0.0495. The molecule has 1 fully saturated rings. The van der Waals surface area contributed by atoms with E-state index in [2.05, 4.69) is 43.4 Å². The molecule has 0 amide bonds. The highest BCUT2D eigenvalue weighted by atomic mass is 19.3. The molecule has 1 N–H and O–H groups in total. The maximum atomic E-state index is 13.4. The van der Waals surface area contributed by atoms with Crippen molar-refractivity contribution in [1.82, 2.24) is 5.32 Å². The lowest BCUT2D eigenvalue weighted by Crippen LogP contribution is -2.41. The Hall–Kier alpha value is -0.960. The fraction of sp³-hybridized carbons (Fsp3) is 0.667. The molecule has 1 unspecified atom stereocenters. The maximum Gasteiger partial charge on any atom is 0.248 e. The summed E-state index contributed by atoms with van der Waals surface area (Å²) in [7, 11) is 0. The predicted molar refractivity (Wildman–Crippen MR) is 83.9 cm³/mol. The minimum atomic E-state index is -2.44. The summed E-state index contributed by atoms with van der Waals surface area (Å²) < 4.78 is 26.7. The molecule has 1 aromatic rings.